The number of amides is 1. The molecule has 0 aliphatic carbocycles. The molecule has 1 aliphatic heterocycles. The van der Waals surface area contributed by atoms with Crippen LogP contribution in [0.2, 0.25) is 5.15 Å². The lowest BCUT2D eigenvalue weighted by Crippen LogP contribution is -2.31. The first-order valence-electron chi connectivity index (χ1n) is 9.44. The van der Waals surface area contributed by atoms with Crippen molar-refractivity contribution < 1.29 is 9.18 Å². The van der Waals surface area contributed by atoms with Gasteiger partial charge in [-0.3, -0.25) is 9.78 Å². The number of carbonyl (C=O) groups excluding carboxylic acids is 1. The standard InChI is InChI=1S/C22H19ClFN5O/c1-14-7-11-29(21-20(23)26-9-10-27-21)13-18(14)15-2-4-16(5-3-15)28-22(30)17-6-8-25-12-19(17)24/h2-6,8-10,12H,7,11,13H2,1H3,(H,28,30). The van der Waals surface area contributed by atoms with E-state index >= 15 is 0 Å². The number of pyridine rings is 1. The van der Waals surface area contributed by atoms with Gasteiger partial charge in [0.1, 0.15) is 0 Å². The average Bonchev–Trinajstić information content (AvgIpc) is 2.75. The Hall–Kier alpha value is -3.32. The van der Waals surface area contributed by atoms with Gasteiger partial charge < -0.3 is 10.2 Å². The van der Waals surface area contributed by atoms with Crippen LogP contribution in [-0.4, -0.2) is 33.9 Å². The summed E-state index contributed by atoms with van der Waals surface area (Å²) in [7, 11) is 0. The Kier molecular flexibility index (Phi) is 5.72. The second-order valence-electron chi connectivity index (χ2n) is 6.99. The van der Waals surface area contributed by atoms with Gasteiger partial charge in [-0.15, -0.1) is 0 Å². The highest BCUT2D eigenvalue weighted by Crippen LogP contribution is 2.31. The van der Waals surface area contributed by atoms with Crippen molar-refractivity contribution in [2.24, 2.45) is 0 Å². The van der Waals surface area contributed by atoms with Crippen LogP contribution in [0.1, 0.15) is 29.3 Å². The largest absolute Gasteiger partial charge is 0.349 e. The maximum Gasteiger partial charge on any atom is 0.258 e. The van der Waals surface area contributed by atoms with E-state index in [9.17, 15) is 9.18 Å². The number of rotatable bonds is 4. The molecule has 1 aromatic carbocycles. The zero-order valence-electron chi connectivity index (χ0n) is 16.3. The highest BCUT2D eigenvalue weighted by molar-refractivity contribution is 6.31. The third kappa shape index (κ3) is 4.16. The molecule has 0 saturated heterocycles. The summed E-state index contributed by atoms with van der Waals surface area (Å²) >= 11 is 6.22. The molecule has 0 fully saturated rings. The summed E-state index contributed by atoms with van der Waals surface area (Å²) in [5.41, 5.74) is 4.06. The van der Waals surface area contributed by atoms with E-state index in [2.05, 4.69) is 32.1 Å². The zero-order valence-corrected chi connectivity index (χ0v) is 17.0. The molecule has 2 aromatic heterocycles. The molecular formula is C22H19ClFN5O. The highest BCUT2D eigenvalue weighted by Gasteiger charge is 2.21. The van der Waals surface area contributed by atoms with Crippen molar-refractivity contribution in [3.8, 4) is 0 Å². The van der Waals surface area contributed by atoms with E-state index in [1.54, 1.807) is 24.5 Å². The second kappa shape index (κ2) is 8.59. The number of benzene rings is 1. The summed E-state index contributed by atoms with van der Waals surface area (Å²) in [6.07, 6.45) is 6.50. The Balaban J connectivity index is 1.51. The molecule has 0 spiro atoms. The first kappa shape index (κ1) is 20.0. The van der Waals surface area contributed by atoms with E-state index in [4.69, 9.17) is 11.6 Å². The molecule has 1 aliphatic rings. The molecule has 3 aromatic rings. The number of aromatic nitrogens is 3. The molecule has 8 heteroatoms. The average molecular weight is 424 g/mol. The van der Waals surface area contributed by atoms with E-state index in [1.165, 1.54) is 23.4 Å². The molecule has 0 radical (unpaired) electrons. The minimum absolute atomic E-state index is 0.0450. The topological polar surface area (TPSA) is 71.0 Å². The molecule has 4 rings (SSSR count). The smallest absolute Gasteiger partial charge is 0.258 e. The van der Waals surface area contributed by atoms with Gasteiger partial charge in [0, 0.05) is 37.4 Å². The number of nitrogens with zero attached hydrogens (tertiary/aromatic N) is 4. The molecule has 0 saturated carbocycles. The fourth-order valence-electron chi connectivity index (χ4n) is 3.42. The van der Waals surface area contributed by atoms with E-state index in [-0.39, 0.29) is 5.56 Å². The van der Waals surface area contributed by atoms with Crippen molar-refractivity contribution in [1.82, 2.24) is 15.0 Å². The lowest BCUT2D eigenvalue weighted by molar-refractivity contribution is 0.102. The van der Waals surface area contributed by atoms with Crippen molar-refractivity contribution in [3.05, 3.63) is 82.8 Å². The van der Waals surface area contributed by atoms with E-state index < -0.39 is 11.7 Å². The van der Waals surface area contributed by atoms with Gasteiger partial charge in [0.2, 0.25) is 0 Å². The maximum atomic E-state index is 13.7. The summed E-state index contributed by atoms with van der Waals surface area (Å²) in [6.45, 7) is 3.60. The summed E-state index contributed by atoms with van der Waals surface area (Å²) < 4.78 is 13.7. The van der Waals surface area contributed by atoms with Gasteiger partial charge in [0.15, 0.2) is 16.8 Å². The molecule has 152 valence electrons. The monoisotopic (exact) mass is 423 g/mol. The van der Waals surface area contributed by atoms with Gasteiger partial charge in [0.25, 0.3) is 5.91 Å². The Morgan fingerprint density at radius 3 is 2.63 bits per heavy atom. The minimum Gasteiger partial charge on any atom is -0.349 e. The van der Waals surface area contributed by atoms with Gasteiger partial charge in [0.05, 0.1) is 11.8 Å². The van der Waals surface area contributed by atoms with Crippen LogP contribution >= 0.6 is 11.6 Å². The molecule has 0 unspecified atom stereocenters. The summed E-state index contributed by atoms with van der Waals surface area (Å²) in [4.78, 5) is 26.5. The maximum absolute atomic E-state index is 13.7. The number of halogens is 2. The fourth-order valence-corrected chi connectivity index (χ4v) is 3.64. The predicted molar refractivity (Wildman–Crippen MR) is 115 cm³/mol. The second-order valence-corrected chi connectivity index (χ2v) is 7.35. The van der Waals surface area contributed by atoms with Crippen molar-refractivity contribution in [2.75, 3.05) is 23.3 Å². The van der Waals surface area contributed by atoms with Crippen LogP contribution in [0.5, 0.6) is 0 Å². The van der Waals surface area contributed by atoms with Crippen LogP contribution in [-0.2, 0) is 0 Å². The van der Waals surface area contributed by atoms with E-state index in [0.29, 0.717) is 23.2 Å². The lowest BCUT2D eigenvalue weighted by atomic mass is 9.95. The zero-order chi connectivity index (χ0) is 21.1. The van der Waals surface area contributed by atoms with Crippen molar-refractivity contribution in [2.45, 2.75) is 13.3 Å². The van der Waals surface area contributed by atoms with Crippen LogP contribution in [0.3, 0.4) is 0 Å². The Morgan fingerprint density at radius 1 is 1.13 bits per heavy atom. The van der Waals surface area contributed by atoms with Crippen molar-refractivity contribution in [1.29, 1.82) is 0 Å². The van der Waals surface area contributed by atoms with Gasteiger partial charge in [-0.05, 0) is 42.7 Å². The van der Waals surface area contributed by atoms with Crippen LogP contribution in [0.4, 0.5) is 15.9 Å². The van der Waals surface area contributed by atoms with Gasteiger partial charge in [-0.1, -0.05) is 29.3 Å². The number of hydrogen-bond donors (Lipinski definition) is 1. The summed E-state index contributed by atoms with van der Waals surface area (Å²) in [5.74, 6) is -0.496. The molecule has 0 atom stereocenters. The number of hydrogen-bond acceptors (Lipinski definition) is 5. The number of nitrogens with one attached hydrogen (secondary N) is 1. The van der Waals surface area contributed by atoms with Gasteiger partial charge in [-0.25, -0.2) is 14.4 Å². The normalized spacial score (nSPS) is 14.0. The Morgan fingerprint density at radius 2 is 1.90 bits per heavy atom. The quantitative estimate of drug-likeness (QED) is 0.664. The Labute approximate surface area is 178 Å². The minimum atomic E-state index is -0.655. The van der Waals surface area contributed by atoms with E-state index in [1.807, 2.05) is 12.1 Å². The van der Waals surface area contributed by atoms with Gasteiger partial charge >= 0.3 is 0 Å². The fraction of sp³-hybridized carbons (Fsp3) is 0.182. The number of anilines is 2. The van der Waals surface area contributed by atoms with Crippen LogP contribution in [0.15, 0.2) is 60.7 Å². The third-order valence-electron chi connectivity index (χ3n) is 5.06. The van der Waals surface area contributed by atoms with Crippen molar-refractivity contribution >= 4 is 34.6 Å². The van der Waals surface area contributed by atoms with Crippen LogP contribution in [0, 0.1) is 5.82 Å². The molecule has 6 nitrogen and oxygen atoms in total. The van der Waals surface area contributed by atoms with Gasteiger partial charge in [-0.2, -0.15) is 0 Å². The van der Waals surface area contributed by atoms with Crippen molar-refractivity contribution in [3.63, 3.8) is 0 Å². The Bertz CT molecular complexity index is 1120. The number of carbonyl (C=O) groups is 1. The summed E-state index contributed by atoms with van der Waals surface area (Å²) in [5, 5.41) is 3.10. The van der Waals surface area contributed by atoms with Crippen LogP contribution < -0.4 is 10.2 Å². The SMILES string of the molecule is CC1=C(c2ccc(NC(=O)c3ccncc3F)cc2)CN(c2nccnc2Cl)CC1. The first-order chi connectivity index (χ1) is 14.5. The molecule has 0 bridgehead atoms. The molecule has 1 amide bonds. The summed E-state index contributed by atoms with van der Waals surface area (Å²) in [6, 6.07) is 8.85. The molecular weight excluding hydrogens is 405 g/mol. The van der Waals surface area contributed by atoms with E-state index in [0.717, 1.165) is 24.7 Å². The first-order valence-corrected chi connectivity index (χ1v) is 9.82. The molecule has 3 heterocycles. The third-order valence-corrected chi connectivity index (χ3v) is 5.33. The lowest BCUT2D eigenvalue weighted by Gasteiger charge is -2.31. The molecule has 30 heavy (non-hydrogen) atoms. The molecule has 1 N–H and O–H groups in total. The van der Waals surface area contributed by atoms with Crippen LogP contribution in [0.25, 0.3) is 5.57 Å². The highest BCUT2D eigenvalue weighted by atomic mass is 35.5. The predicted octanol–water partition coefficient (Wildman–Crippen LogP) is 4.60.